The zero-order chi connectivity index (χ0) is 11.8. The lowest BCUT2D eigenvalue weighted by atomic mass is 9.72. The van der Waals surface area contributed by atoms with E-state index in [4.69, 9.17) is 4.74 Å². The standard InChI is InChI=1S/C12H21NO2S/c1-12(2)6-4-5-9-10(12)13-8(7-16-9)11(14)15-3/h8-10,13H,4-7H2,1-3H3. The van der Waals surface area contributed by atoms with Crippen molar-refractivity contribution in [3.05, 3.63) is 0 Å². The van der Waals surface area contributed by atoms with Gasteiger partial charge in [-0.3, -0.25) is 10.1 Å². The SMILES string of the molecule is COC(=O)C1CSC2CCCC(C)(C)C2N1. The third kappa shape index (κ3) is 2.23. The molecule has 92 valence electrons. The number of carbonyl (C=O) groups excluding carboxylic acids is 1. The molecule has 0 bridgehead atoms. The van der Waals surface area contributed by atoms with Gasteiger partial charge in [0.1, 0.15) is 6.04 Å². The van der Waals surface area contributed by atoms with Gasteiger partial charge < -0.3 is 4.74 Å². The number of hydrogen-bond donors (Lipinski definition) is 1. The number of fused-ring (bicyclic) bond motifs is 1. The van der Waals surface area contributed by atoms with Gasteiger partial charge in [0.15, 0.2) is 0 Å². The minimum atomic E-state index is -0.118. The van der Waals surface area contributed by atoms with E-state index in [-0.39, 0.29) is 12.0 Å². The molecule has 3 unspecified atom stereocenters. The highest BCUT2D eigenvalue weighted by Gasteiger charge is 2.44. The van der Waals surface area contributed by atoms with Crippen molar-refractivity contribution in [2.45, 2.75) is 50.4 Å². The van der Waals surface area contributed by atoms with Gasteiger partial charge in [0.05, 0.1) is 7.11 Å². The van der Waals surface area contributed by atoms with E-state index in [9.17, 15) is 4.79 Å². The van der Waals surface area contributed by atoms with Gasteiger partial charge in [0.2, 0.25) is 0 Å². The molecule has 0 aromatic rings. The Labute approximate surface area is 102 Å². The zero-order valence-corrected chi connectivity index (χ0v) is 11.1. The van der Waals surface area contributed by atoms with Crippen molar-refractivity contribution in [3.8, 4) is 0 Å². The van der Waals surface area contributed by atoms with Crippen LogP contribution >= 0.6 is 11.8 Å². The maximum Gasteiger partial charge on any atom is 0.323 e. The molecule has 1 aliphatic heterocycles. The number of rotatable bonds is 1. The van der Waals surface area contributed by atoms with Crippen LogP contribution in [0, 0.1) is 5.41 Å². The Morgan fingerprint density at radius 3 is 2.94 bits per heavy atom. The van der Waals surface area contributed by atoms with E-state index in [1.807, 2.05) is 11.8 Å². The summed E-state index contributed by atoms with van der Waals surface area (Å²) in [5.41, 5.74) is 0.294. The first-order valence-electron chi connectivity index (χ1n) is 6.00. The summed E-state index contributed by atoms with van der Waals surface area (Å²) < 4.78 is 4.82. The average molecular weight is 243 g/mol. The highest BCUT2D eigenvalue weighted by Crippen LogP contribution is 2.43. The number of esters is 1. The lowest BCUT2D eigenvalue weighted by molar-refractivity contribution is -0.143. The molecule has 1 N–H and O–H groups in total. The Morgan fingerprint density at radius 2 is 2.25 bits per heavy atom. The van der Waals surface area contributed by atoms with E-state index < -0.39 is 0 Å². The quantitative estimate of drug-likeness (QED) is 0.713. The van der Waals surface area contributed by atoms with Gasteiger partial charge in [-0.15, -0.1) is 0 Å². The van der Waals surface area contributed by atoms with Gasteiger partial charge in [-0.05, 0) is 18.3 Å². The van der Waals surface area contributed by atoms with E-state index in [2.05, 4.69) is 19.2 Å². The van der Waals surface area contributed by atoms with Gasteiger partial charge in [-0.25, -0.2) is 0 Å². The van der Waals surface area contributed by atoms with Crippen LogP contribution in [0.15, 0.2) is 0 Å². The van der Waals surface area contributed by atoms with Gasteiger partial charge >= 0.3 is 5.97 Å². The Balaban J connectivity index is 2.07. The molecular formula is C12H21NO2S. The van der Waals surface area contributed by atoms with E-state index in [0.717, 1.165) is 5.75 Å². The second kappa shape index (κ2) is 4.57. The fourth-order valence-electron chi connectivity index (χ4n) is 2.86. The molecule has 2 aliphatic rings. The van der Waals surface area contributed by atoms with Crippen LogP contribution in [-0.2, 0) is 9.53 Å². The first-order valence-corrected chi connectivity index (χ1v) is 7.05. The lowest BCUT2D eigenvalue weighted by Gasteiger charge is -2.48. The monoisotopic (exact) mass is 243 g/mol. The summed E-state index contributed by atoms with van der Waals surface area (Å²) in [5, 5.41) is 4.17. The summed E-state index contributed by atoms with van der Waals surface area (Å²) >= 11 is 1.94. The topological polar surface area (TPSA) is 38.3 Å². The maximum atomic E-state index is 11.6. The Morgan fingerprint density at radius 1 is 1.50 bits per heavy atom. The summed E-state index contributed by atoms with van der Waals surface area (Å²) in [6.07, 6.45) is 3.83. The van der Waals surface area contributed by atoms with Crippen LogP contribution in [0.4, 0.5) is 0 Å². The van der Waals surface area contributed by atoms with Crippen LogP contribution < -0.4 is 5.32 Å². The molecule has 3 atom stereocenters. The number of carbonyl (C=O) groups is 1. The Kier molecular flexibility index (Phi) is 3.50. The minimum Gasteiger partial charge on any atom is -0.468 e. The van der Waals surface area contributed by atoms with Crippen molar-refractivity contribution in [1.82, 2.24) is 5.32 Å². The first kappa shape index (κ1) is 12.2. The van der Waals surface area contributed by atoms with Crippen molar-refractivity contribution in [1.29, 1.82) is 0 Å². The molecule has 1 saturated heterocycles. The molecule has 3 nitrogen and oxygen atoms in total. The van der Waals surface area contributed by atoms with Crippen LogP contribution in [0.3, 0.4) is 0 Å². The first-order chi connectivity index (χ1) is 7.54. The van der Waals surface area contributed by atoms with Crippen LogP contribution in [0.1, 0.15) is 33.1 Å². The van der Waals surface area contributed by atoms with Crippen molar-refractivity contribution in [2.75, 3.05) is 12.9 Å². The second-order valence-electron chi connectivity index (χ2n) is 5.47. The minimum absolute atomic E-state index is 0.117. The van der Waals surface area contributed by atoms with Crippen LogP contribution in [0.25, 0.3) is 0 Å². The number of methoxy groups -OCH3 is 1. The van der Waals surface area contributed by atoms with Crippen molar-refractivity contribution >= 4 is 17.7 Å². The molecule has 0 amide bonds. The summed E-state index contributed by atoms with van der Waals surface area (Å²) in [7, 11) is 1.47. The van der Waals surface area contributed by atoms with Gasteiger partial charge in [-0.2, -0.15) is 11.8 Å². The Hall–Kier alpha value is -0.220. The molecule has 1 heterocycles. The predicted octanol–water partition coefficient (Wildman–Crippen LogP) is 1.81. The summed E-state index contributed by atoms with van der Waals surface area (Å²) in [4.78, 5) is 11.6. The molecule has 1 aliphatic carbocycles. The molecule has 0 radical (unpaired) electrons. The molecule has 2 rings (SSSR count). The van der Waals surface area contributed by atoms with E-state index in [1.54, 1.807) is 0 Å². The molecular weight excluding hydrogens is 222 g/mol. The summed E-state index contributed by atoms with van der Waals surface area (Å²) in [5.74, 6) is 0.733. The highest BCUT2D eigenvalue weighted by molar-refractivity contribution is 8.00. The highest BCUT2D eigenvalue weighted by atomic mass is 32.2. The molecule has 16 heavy (non-hydrogen) atoms. The van der Waals surface area contributed by atoms with Gasteiger partial charge in [-0.1, -0.05) is 20.3 Å². The number of ether oxygens (including phenoxy) is 1. The summed E-state index contributed by atoms with van der Waals surface area (Å²) in [6, 6.07) is 0.331. The fraction of sp³-hybridized carbons (Fsp3) is 0.917. The second-order valence-corrected chi connectivity index (χ2v) is 6.74. The van der Waals surface area contributed by atoms with Crippen LogP contribution in [0.5, 0.6) is 0 Å². The van der Waals surface area contributed by atoms with E-state index >= 15 is 0 Å². The number of nitrogens with one attached hydrogen (secondary N) is 1. The maximum absolute atomic E-state index is 11.6. The fourth-order valence-corrected chi connectivity index (χ4v) is 4.50. The lowest BCUT2D eigenvalue weighted by Crippen LogP contribution is -2.60. The number of hydrogen-bond acceptors (Lipinski definition) is 4. The third-order valence-electron chi connectivity index (χ3n) is 3.87. The van der Waals surface area contributed by atoms with Crippen molar-refractivity contribution in [2.24, 2.45) is 5.41 Å². The van der Waals surface area contributed by atoms with Crippen molar-refractivity contribution < 1.29 is 9.53 Å². The molecule has 0 aromatic heterocycles. The largest absolute Gasteiger partial charge is 0.468 e. The predicted molar refractivity (Wildman–Crippen MR) is 66.6 cm³/mol. The molecule has 4 heteroatoms. The van der Waals surface area contributed by atoms with Gasteiger partial charge in [0, 0.05) is 17.0 Å². The summed E-state index contributed by atoms with van der Waals surface area (Å²) in [6.45, 7) is 4.61. The number of thioether (sulfide) groups is 1. The smallest absolute Gasteiger partial charge is 0.323 e. The van der Waals surface area contributed by atoms with Crippen molar-refractivity contribution in [3.63, 3.8) is 0 Å². The van der Waals surface area contributed by atoms with Gasteiger partial charge in [0.25, 0.3) is 0 Å². The Bertz CT molecular complexity index is 280. The molecule has 1 saturated carbocycles. The van der Waals surface area contributed by atoms with E-state index in [0.29, 0.717) is 16.7 Å². The van der Waals surface area contributed by atoms with E-state index in [1.165, 1.54) is 26.4 Å². The molecule has 0 spiro atoms. The van der Waals surface area contributed by atoms with Crippen LogP contribution in [0.2, 0.25) is 0 Å². The average Bonchev–Trinajstić information content (AvgIpc) is 2.27. The zero-order valence-electron chi connectivity index (χ0n) is 10.3. The van der Waals surface area contributed by atoms with Crippen LogP contribution in [-0.4, -0.2) is 36.2 Å². The normalized spacial score (nSPS) is 37.6. The molecule has 0 aromatic carbocycles. The third-order valence-corrected chi connectivity index (χ3v) is 5.33. The molecule has 2 fully saturated rings.